The molecule has 0 bridgehead atoms. The van der Waals surface area contributed by atoms with Crippen LogP contribution in [0.5, 0.6) is 0 Å². The van der Waals surface area contributed by atoms with Crippen molar-refractivity contribution in [1.29, 1.82) is 0 Å². The molecule has 34 heavy (non-hydrogen) atoms. The fourth-order valence-electron chi connectivity index (χ4n) is 3.48. The van der Waals surface area contributed by atoms with E-state index in [9.17, 15) is 27.2 Å². The monoisotopic (exact) mass is 481 g/mol. The van der Waals surface area contributed by atoms with E-state index < -0.39 is 36.2 Å². The van der Waals surface area contributed by atoms with Gasteiger partial charge in [0, 0.05) is 2.85 Å². The first-order valence-electron chi connectivity index (χ1n) is 10.4. The minimum Gasteiger partial charge on any atom is -0.442 e. The summed E-state index contributed by atoms with van der Waals surface area (Å²) in [6, 6.07) is 14.5. The van der Waals surface area contributed by atoms with Crippen LogP contribution in [-0.2, 0) is 9.53 Å². The fraction of sp³-hybridized carbons (Fsp3) is 0.250. The number of halogens is 4. The number of benzene rings is 1. The van der Waals surface area contributed by atoms with E-state index in [0.29, 0.717) is 5.56 Å². The molecule has 184 valence electrons. The normalized spacial score (nSPS) is 15.2. The molecule has 1 heterocycles. The van der Waals surface area contributed by atoms with Crippen molar-refractivity contribution in [2.24, 2.45) is 0 Å². The second kappa shape index (κ2) is 11.0. The molecule has 1 aliphatic heterocycles. The molecule has 0 radical (unpaired) electrons. The van der Waals surface area contributed by atoms with E-state index in [1.165, 1.54) is 0 Å². The van der Waals surface area contributed by atoms with Gasteiger partial charge in [-0.05, 0) is 55.1 Å². The molecule has 2 amide bonds. The number of nitrogens with zero attached hydrogens (tertiary/aromatic N) is 1. The van der Waals surface area contributed by atoms with Gasteiger partial charge in [0.05, 0.1) is 24.3 Å². The average molecular weight is 481 g/mol. The maximum absolute atomic E-state index is 14.9. The Morgan fingerprint density at radius 1 is 1.06 bits per heavy atom. The van der Waals surface area contributed by atoms with Crippen molar-refractivity contribution in [3.8, 4) is 22.3 Å². The van der Waals surface area contributed by atoms with Crippen LogP contribution in [0.3, 0.4) is 0 Å². The number of ether oxygens (including phenoxy) is 1. The predicted octanol–water partition coefficient (Wildman–Crippen LogP) is 4.77. The van der Waals surface area contributed by atoms with Gasteiger partial charge < -0.3 is 15.4 Å². The molecule has 0 spiro atoms. The lowest BCUT2D eigenvalue weighted by Crippen LogP contribution is -2.37. The second-order valence-electron chi connectivity index (χ2n) is 7.51. The first-order valence-corrected chi connectivity index (χ1v) is 10.4. The summed E-state index contributed by atoms with van der Waals surface area (Å²) in [5.41, 5.74) is 1.70. The van der Waals surface area contributed by atoms with Crippen molar-refractivity contribution >= 4 is 17.7 Å². The van der Waals surface area contributed by atoms with Crippen molar-refractivity contribution in [3.63, 3.8) is 0 Å². The molecule has 6 nitrogen and oxygen atoms in total. The summed E-state index contributed by atoms with van der Waals surface area (Å²) >= 11 is 0. The summed E-state index contributed by atoms with van der Waals surface area (Å²) in [4.78, 5) is 24.0. The van der Waals surface area contributed by atoms with Gasteiger partial charge in [0.15, 0.2) is 0 Å². The number of fused-ring (bicyclic) bond motifs is 1. The number of hydrogen-bond acceptors (Lipinski definition) is 4. The minimum absolute atomic E-state index is 0. The fourth-order valence-corrected chi connectivity index (χ4v) is 3.48. The van der Waals surface area contributed by atoms with E-state index >= 15 is 0 Å². The largest absolute Gasteiger partial charge is 0.442 e. The van der Waals surface area contributed by atoms with Gasteiger partial charge in [0.25, 0.3) is 5.91 Å². The molecule has 1 saturated heterocycles. The van der Waals surface area contributed by atoms with Crippen molar-refractivity contribution in [2.45, 2.75) is 12.5 Å². The maximum Gasteiger partial charge on any atom is 0.414 e. The number of alkyl halides is 2. The number of anilines is 1. The standard InChI is InChI=1S/C22H16F4N2O3.C2H7N.2H2/c23-17-8-15(28-11-16(31-22(28)30)10-27-21(29)20(25)26)9-18(24)19(17)14-6-12-4-2-1-3-5-13(12)7-14;1-3-2;;/h1-9,16,20H,10-11H2,(H,27,29);3H,1-2H3;2*1H/t16-;;;/m0.../s1. The zero-order chi connectivity index (χ0) is 24.8. The highest BCUT2D eigenvalue weighted by atomic mass is 19.3. The highest BCUT2D eigenvalue weighted by Crippen LogP contribution is 2.36. The Morgan fingerprint density at radius 3 is 2.15 bits per heavy atom. The molecule has 2 N–H and O–H groups in total. The molecule has 0 unspecified atom stereocenters. The molecule has 0 aromatic heterocycles. The Hall–Kier alpha value is -3.66. The summed E-state index contributed by atoms with van der Waals surface area (Å²) in [6.45, 7) is -0.497. The Bertz CT molecular complexity index is 1100. The molecule has 1 aromatic carbocycles. The van der Waals surface area contributed by atoms with Gasteiger partial charge in [-0.2, -0.15) is 8.78 Å². The summed E-state index contributed by atoms with van der Waals surface area (Å²) in [5.74, 6) is -3.22. The van der Waals surface area contributed by atoms with E-state index in [0.717, 1.165) is 28.2 Å². The Morgan fingerprint density at radius 2 is 1.62 bits per heavy atom. The smallest absolute Gasteiger partial charge is 0.414 e. The molecule has 0 saturated carbocycles. The number of amides is 2. The lowest BCUT2D eigenvalue weighted by atomic mass is 10.1. The SMILES string of the molecule is CNC.O=C(NC[C@H]1CN(c2cc(F)c(-c3cc4cccccc-4c3)c(F)c2)C(=O)O1)C(F)F.[HH].[HH]. The van der Waals surface area contributed by atoms with Crippen molar-refractivity contribution in [2.75, 3.05) is 32.1 Å². The van der Waals surface area contributed by atoms with Crippen LogP contribution in [0.15, 0.2) is 54.6 Å². The highest BCUT2D eigenvalue weighted by Gasteiger charge is 2.34. The van der Waals surface area contributed by atoms with Gasteiger partial charge in [0.2, 0.25) is 0 Å². The predicted molar refractivity (Wildman–Crippen MR) is 124 cm³/mol. The maximum atomic E-state index is 14.9. The number of cyclic esters (lactones) is 1. The van der Waals surface area contributed by atoms with Crippen LogP contribution in [0, 0.1) is 11.6 Å². The molecule has 4 rings (SSSR count). The van der Waals surface area contributed by atoms with Crippen LogP contribution >= 0.6 is 0 Å². The number of carbonyl (C=O) groups is 2. The van der Waals surface area contributed by atoms with E-state index in [1.54, 1.807) is 12.1 Å². The molecule has 1 fully saturated rings. The summed E-state index contributed by atoms with van der Waals surface area (Å²) in [7, 11) is 3.75. The summed E-state index contributed by atoms with van der Waals surface area (Å²) in [5, 5.41) is 4.69. The third kappa shape index (κ3) is 5.63. The molecule has 3 aliphatic rings. The zero-order valence-corrected chi connectivity index (χ0v) is 18.4. The Balaban J connectivity index is 0.00000123. The first kappa shape index (κ1) is 25.0. The number of nitrogens with one attached hydrogen (secondary N) is 2. The lowest BCUT2D eigenvalue weighted by Gasteiger charge is -2.15. The second-order valence-corrected chi connectivity index (χ2v) is 7.51. The van der Waals surface area contributed by atoms with Crippen LogP contribution in [0.25, 0.3) is 22.3 Å². The number of carbonyl (C=O) groups excluding carboxylic acids is 2. The van der Waals surface area contributed by atoms with E-state index in [1.807, 2.05) is 49.7 Å². The Labute approximate surface area is 196 Å². The number of hydrogen-bond donors (Lipinski definition) is 2. The zero-order valence-electron chi connectivity index (χ0n) is 18.4. The molecular formula is C24H27F4N3O3. The first-order chi connectivity index (χ1) is 16.2. The molecular weight excluding hydrogens is 454 g/mol. The lowest BCUT2D eigenvalue weighted by molar-refractivity contribution is -0.132. The van der Waals surface area contributed by atoms with Crippen molar-refractivity contribution < 1.29 is 34.7 Å². The van der Waals surface area contributed by atoms with Crippen LogP contribution in [-0.4, -0.2) is 51.7 Å². The number of rotatable bonds is 5. The molecule has 2 aliphatic carbocycles. The van der Waals surface area contributed by atoms with Crippen LogP contribution in [0.4, 0.5) is 28.0 Å². The molecule has 10 heteroatoms. The van der Waals surface area contributed by atoms with Crippen LogP contribution in [0.2, 0.25) is 0 Å². The Kier molecular flexibility index (Phi) is 8.06. The van der Waals surface area contributed by atoms with Gasteiger partial charge in [0.1, 0.15) is 17.7 Å². The van der Waals surface area contributed by atoms with Crippen molar-refractivity contribution in [3.05, 3.63) is 66.2 Å². The summed E-state index contributed by atoms with van der Waals surface area (Å²) in [6.07, 6.45) is -5.02. The highest BCUT2D eigenvalue weighted by molar-refractivity contribution is 5.91. The third-order valence-electron chi connectivity index (χ3n) is 4.93. The van der Waals surface area contributed by atoms with E-state index in [4.69, 9.17) is 4.74 Å². The van der Waals surface area contributed by atoms with Gasteiger partial charge in [-0.3, -0.25) is 9.69 Å². The topological polar surface area (TPSA) is 70.7 Å². The summed E-state index contributed by atoms with van der Waals surface area (Å²) < 4.78 is 59.2. The molecule has 1 atom stereocenters. The van der Waals surface area contributed by atoms with Crippen molar-refractivity contribution in [1.82, 2.24) is 10.6 Å². The molecule has 1 aromatic rings. The van der Waals surface area contributed by atoms with Crippen LogP contribution in [0.1, 0.15) is 2.85 Å². The van der Waals surface area contributed by atoms with Gasteiger partial charge in [-0.1, -0.05) is 30.3 Å². The van der Waals surface area contributed by atoms with Crippen LogP contribution < -0.4 is 15.5 Å². The minimum atomic E-state index is -3.20. The third-order valence-corrected chi connectivity index (χ3v) is 4.93. The van der Waals surface area contributed by atoms with E-state index in [2.05, 4.69) is 5.32 Å². The van der Waals surface area contributed by atoms with E-state index in [-0.39, 0.29) is 27.2 Å². The quantitative estimate of drug-likeness (QED) is 0.515. The average Bonchev–Trinajstić information content (AvgIpc) is 3.27. The van der Waals surface area contributed by atoms with Gasteiger partial charge >= 0.3 is 12.5 Å². The van der Waals surface area contributed by atoms with Gasteiger partial charge in [-0.15, -0.1) is 0 Å². The van der Waals surface area contributed by atoms with Gasteiger partial charge in [-0.25, -0.2) is 13.6 Å².